The first-order valence-corrected chi connectivity index (χ1v) is 6.54. The molecule has 1 N–H and O–H groups in total. The van der Waals surface area contributed by atoms with Gasteiger partial charge in [-0.15, -0.1) is 0 Å². The maximum atomic E-state index is 11.9. The lowest BCUT2D eigenvalue weighted by molar-refractivity contribution is -0.132. The minimum absolute atomic E-state index is 0.0258. The number of carbonyl (C=O) groups excluding carboxylic acids is 1. The number of imidazole rings is 1. The van der Waals surface area contributed by atoms with Crippen molar-refractivity contribution in [2.24, 2.45) is 0 Å². The van der Waals surface area contributed by atoms with Gasteiger partial charge in [0.2, 0.25) is 5.91 Å². The number of amides is 1. The molecule has 1 aliphatic heterocycles. The van der Waals surface area contributed by atoms with Crippen LogP contribution < -0.4 is 5.32 Å². The van der Waals surface area contributed by atoms with Crippen LogP contribution in [0.25, 0.3) is 0 Å². The topological polar surface area (TPSA) is 56.1 Å². The average Bonchev–Trinajstić information content (AvgIpc) is 2.68. The van der Waals surface area contributed by atoms with Crippen molar-refractivity contribution < 1.29 is 9.53 Å². The first-order valence-electron chi connectivity index (χ1n) is 6.54. The van der Waals surface area contributed by atoms with Crippen LogP contribution >= 0.6 is 0 Å². The fourth-order valence-corrected chi connectivity index (χ4v) is 2.35. The standard InChI is InChI=1S/C13H21N3O2/c1-4-18-10(3)13(17)15-11-5-6-12-14-9(2)7-16(12)8-11/h7,10-11H,4-6,8H2,1-3H3,(H,15,17)/t10-,11-/m1/s1. The third-order valence-electron chi connectivity index (χ3n) is 3.25. The molecule has 0 aliphatic carbocycles. The van der Waals surface area contributed by atoms with E-state index in [-0.39, 0.29) is 18.1 Å². The van der Waals surface area contributed by atoms with Gasteiger partial charge in [0.1, 0.15) is 11.9 Å². The number of carbonyl (C=O) groups is 1. The predicted octanol–water partition coefficient (Wildman–Crippen LogP) is 1.05. The van der Waals surface area contributed by atoms with Crippen molar-refractivity contribution in [3.63, 3.8) is 0 Å². The van der Waals surface area contributed by atoms with Crippen molar-refractivity contribution in [2.75, 3.05) is 6.61 Å². The molecule has 1 aromatic rings. The molecular formula is C13H21N3O2. The molecule has 2 atom stereocenters. The van der Waals surface area contributed by atoms with Crippen molar-refractivity contribution in [2.45, 2.75) is 52.3 Å². The first kappa shape index (κ1) is 13.1. The normalized spacial score (nSPS) is 20.3. The van der Waals surface area contributed by atoms with E-state index in [0.717, 1.165) is 30.9 Å². The Balaban J connectivity index is 1.91. The second-order valence-corrected chi connectivity index (χ2v) is 4.79. The summed E-state index contributed by atoms with van der Waals surface area (Å²) in [5.74, 6) is 1.10. The van der Waals surface area contributed by atoms with Crippen LogP contribution in [0.3, 0.4) is 0 Å². The number of ether oxygens (including phenoxy) is 1. The molecule has 18 heavy (non-hydrogen) atoms. The molecule has 1 aliphatic rings. The van der Waals surface area contributed by atoms with Gasteiger partial charge in [-0.1, -0.05) is 0 Å². The van der Waals surface area contributed by atoms with Gasteiger partial charge < -0.3 is 14.6 Å². The Kier molecular flexibility index (Phi) is 4.01. The van der Waals surface area contributed by atoms with Crippen LogP contribution in [0, 0.1) is 6.92 Å². The second kappa shape index (κ2) is 5.52. The van der Waals surface area contributed by atoms with Gasteiger partial charge >= 0.3 is 0 Å². The van der Waals surface area contributed by atoms with E-state index in [2.05, 4.69) is 14.9 Å². The molecule has 5 heteroatoms. The molecule has 2 rings (SSSR count). The lowest BCUT2D eigenvalue weighted by Crippen LogP contribution is -2.45. The van der Waals surface area contributed by atoms with Crippen LogP contribution in [-0.2, 0) is 22.5 Å². The maximum Gasteiger partial charge on any atom is 0.249 e. The maximum absolute atomic E-state index is 11.9. The van der Waals surface area contributed by atoms with E-state index in [9.17, 15) is 4.79 Å². The zero-order valence-electron chi connectivity index (χ0n) is 11.3. The Morgan fingerprint density at radius 2 is 2.50 bits per heavy atom. The van der Waals surface area contributed by atoms with Crippen LogP contribution in [0.1, 0.15) is 31.8 Å². The van der Waals surface area contributed by atoms with Crippen molar-refractivity contribution in [3.05, 3.63) is 17.7 Å². The summed E-state index contributed by atoms with van der Waals surface area (Å²) in [6.07, 6.45) is 3.53. The molecule has 100 valence electrons. The van der Waals surface area contributed by atoms with Gasteiger partial charge in [0.25, 0.3) is 0 Å². The summed E-state index contributed by atoms with van der Waals surface area (Å²) in [7, 11) is 0. The summed E-state index contributed by atoms with van der Waals surface area (Å²) in [6, 6.07) is 0.182. The summed E-state index contributed by atoms with van der Waals surface area (Å²) in [4.78, 5) is 16.3. The Labute approximate surface area is 108 Å². The van der Waals surface area contributed by atoms with E-state index in [1.54, 1.807) is 6.92 Å². The van der Waals surface area contributed by atoms with Gasteiger partial charge in [0, 0.05) is 31.8 Å². The van der Waals surface area contributed by atoms with Gasteiger partial charge in [-0.3, -0.25) is 4.79 Å². The molecule has 0 aromatic carbocycles. The molecule has 0 spiro atoms. The Morgan fingerprint density at radius 3 is 3.22 bits per heavy atom. The highest BCUT2D eigenvalue weighted by molar-refractivity contribution is 5.80. The van der Waals surface area contributed by atoms with Gasteiger partial charge in [0.05, 0.1) is 5.69 Å². The third-order valence-corrected chi connectivity index (χ3v) is 3.25. The van der Waals surface area contributed by atoms with Gasteiger partial charge in [-0.05, 0) is 27.2 Å². The van der Waals surface area contributed by atoms with Crippen LogP contribution in [0.15, 0.2) is 6.20 Å². The summed E-state index contributed by atoms with van der Waals surface area (Å²) < 4.78 is 7.42. The molecule has 0 saturated heterocycles. The van der Waals surface area contributed by atoms with Crippen molar-refractivity contribution in [1.29, 1.82) is 0 Å². The predicted molar refractivity (Wildman–Crippen MR) is 68.3 cm³/mol. The average molecular weight is 251 g/mol. The number of nitrogens with one attached hydrogen (secondary N) is 1. The van der Waals surface area contributed by atoms with E-state index in [4.69, 9.17) is 4.74 Å². The largest absolute Gasteiger partial charge is 0.369 e. The fourth-order valence-electron chi connectivity index (χ4n) is 2.35. The summed E-state index contributed by atoms with van der Waals surface area (Å²) in [5, 5.41) is 3.04. The Hall–Kier alpha value is -1.36. The van der Waals surface area contributed by atoms with Gasteiger partial charge in [-0.2, -0.15) is 0 Å². The van der Waals surface area contributed by atoms with E-state index in [1.165, 1.54) is 0 Å². The number of aromatic nitrogens is 2. The second-order valence-electron chi connectivity index (χ2n) is 4.79. The minimum Gasteiger partial charge on any atom is -0.369 e. The molecule has 2 heterocycles. The van der Waals surface area contributed by atoms with Crippen molar-refractivity contribution >= 4 is 5.91 Å². The molecule has 0 bridgehead atoms. The summed E-state index contributed by atoms with van der Waals surface area (Å²) in [6.45, 7) is 7.04. The zero-order valence-corrected chi connectivity index (χ0v) is 11.3. The van der Waals surface area contributed by atoms with Crippen molar-refractivity contribution in [1.82, 2.24) is 14.9 Å². The number of hydrogen-bond acceptors (Lipinski definition) is 3. The zero-order chi connectivity index (χ0) is 13.1. The lowest BCUT2D eigenvalue weighted by Gasteiger charge is -2.25. The van der Waals surface area contributed by atoms with Crippen LogP contribution in [0.4, 0.5) is 0 Å². The first-order chi connectivity index (χ1) is 8.60. The summed E-state index contributed by atoms with van der Waals surface area (Å²) in [5.41, 5.74) is 1.04. The Bertz CT molecular complexity index is 428. The molecular weight excluding hydrogens is 230 g/mol. The number of aryl methyl sites for hydroxylation is 2. The van der Waals surface area contributed by atoms with Crippen LogP contribution in [-0.4, -0.2) is 34.2 Å². The quantitative estimate of drug-likeness (QED) is 0.870. The number of rotatable bonds is 4. The van der Waals surface area contributed by atoms with Gasteiger partial charge in [-0.25, -0.2) is 4.98 Å². The molecule has 1 amide bonds. The monoisotopic (exact) mass is 251 g/mol. The number of fused-ring (bicyclic) bond motifs is 1. The van der Waals surface area contributed by atoms with Crippen LogP contribution in [0.5, 0.6) is 0 Å². The molecule has 5 nitrogen and oxygen atoms in total. The minimum atomic E-state index is -0.374. The molecule has 0 fully saturated rings. The fraction of sp³-hybridized carbons (Fsp3) is 0.692. The van der Waals surface area contributed by atoms with Crippen LogP contribution in [0.2, 0.25) is 0 Å². The summed E-state index contributed by atoms with van der Waals surface area (Å²) >= 11 is 0. The lowest BCUT2D eigenvalue weighted by atomic mass is 10.1. The Morgan fingerprint density at radius 1 is 1.72 bits per heavy atom. The molecule has 1 aromatic heterocycles. The smallest absolute Gasteiger partial charge is 0.249 e. The van der Waals surface area contributed by atoms with Crippen molar-refractivity contribution in [3.8, 4) is 0 Å². The SMILES string of the molecule is CCO[C@H](C)C(=O)N[C@@H]1CCc2nc(C)cn2C1. The van der Waals surface area contributed by atoms with E-state index in [0.29, 0.717) is 6.61 Å². The molecule has 0 saturated carbocycles. The van der Waals surface area contributed by atoms with E-state index >= 15 is 0 Å². The van der Waals surface area contributed by atoms with E-state index < -0.39 is 0 Å². The number of hydrogen-bond donors (Lipinski definition) is 1. The highest BCUT2D eigenvalue weighted by Gasteiger charge is 2.23. The van der Waals surface area contributed by atoms with E-state index in [1.807, 2.05) is 20.0 Å². The van der Waals surface area contributed by atoms with Gasteiger partial charge in [0.15, 0.2) is 0 Å². The highest BCUT2D eigenvalue weighted by Crippen LogP contribution is 2.15. The highest BCUT2D eigenvalue weighted by atomic mass is 16.5. The molecule has 0 unspecified atom stereocenters. The molecule has 0 radical (unpaired) electrons. The third kappa shape index (κ3) is 2.90. The number of nitrogens with zero attached hydrogens (tertiary/aromatic N) is 2.